The van der Waals surface area contributed by atoms with Gasteiger partial charge in [-0.3, -0.25) is 14.9 Å². The van der Waals surface area contributed by atoms with Gasteiger partial charge in [0.2, 0.25) is 11.6 Å². The number of hydrogen-bond donors (Lipinski definition) is 2. The third-order valence-corrected chi connectivity index (χ3v) is 4.26. The van der Waals surface area contributed by atoms with Gasteiger partial charge in [-0.15, -0.1) is 5.10 Å². The summed E-state index contributed by atoms with van der Waals surface area (Å²) >= 11 is 0. The number of nitro benzene ring substituents is 1. The van der Waals surface area contributed by atoms with Gasteiger partial charge in [0.25, 0.3) is 11.6 Å². The molecular weight excluding hydrogens is 472 g/mol. The lowest BCUT2D eigenvalue weighted by atomic mass is 10.1. The summed E-state index contributed by atoms with van der Waals surface area (Å²) in [5.41, 5.74) is 8.25. The van der Waals surface area contributed by atoms with Crippen molar-refractivity contribution in [2.45, 2.75) is 13.5 Å². The van der Waals surface area contributed by atoms with E-state index in [1.165, 1.54) is 31.2 Å². The number of nitro groups is 2. The molecular formula is C15H12N14O6. The second-order valence-electron chi connectivity index (χ2n) is 6.64. The van der Waals surface area contributed by atoms with Crippen LogP contribution in [-0.4, -0.2) is 67.0 Å². The van der Waals surface area contributed by atoms with E-state index in [2.05, 4.69) is 51.2 Å². The van der Waals surface area contributed by atoms with Gasteiger partial charge in [0.05, 0.1) is 20.8 Å². The number of carbonyl (C=O) groups excluding carboxylic acids is 1. The molecule has 20 heteroatoms. The van der Waals surface area contributed by atoms with Gasteiger partial charge < -0.3 is 15.8 Å². The molecule has 0 radical (unpaired) electrons. The minimum Gasteiger partial charge on any atom is -0.390 e. The maximum Gasteiger partial charge on any atom is 0.514 e. The van der Waals surface area contributed by atoms with Crippen LogP contribution in [-0.2, 0) is 6.54 Å². The van der Waals surface area contributed by atoms with E-state index >= 15 is 0 Å². The maximum absolute atomic E-state index is 12.9. The second kappa shape index (κ2) is 9.05. The fourth-order valence-corrected chi connectivity index (χ4v) is 2.73. The highest BCUT2D eigenvalue weighted by molar-refractivity contribution is 5.99. The number of rotatable bonds is 8. The summed E-state index contributed by atoms with van der Waals surface area (Å²) in [6.07, 6.45) is 0. The van der Waals surface area contributed by atoms with Crippen molar-refractivity contribution < 1.29 is 19.3 Å². The molecule has 3 aromatic heterocycles. The van der Waals surface area contributed by atoms with Crippen molar-refractivity contribution >= 4 is 29.1 Å². The predicted octanol–water partition coefficient (Wildman–Crippen LogP) is -0.492. The average molecular weight is 484 g/mol. The van der Waals surface area contributed by atoms with E-state index < -0.39 is 21.7 Å². The molecule has 0 aliphatic heterocycles. The van der Waals surface area contributed by atoms with Gasteiger partial charge in [-0.05, 0) is 34.3 Å². The Balaban J connectivity index is 1.63. The van der Waals surface area contributed by atoms with Gasteiger partial charge in [-0.2, -0.15) is 9.78 Å². The van der Waals surface area contributed by atoms with E-state index in [9.17, 15) is 25.0 Å². The number of amides is 1. The lowest BCUT2D eigenvalue weighted by Crippen LogP contribution is -2.22. The fourth-order valence-electron chi connectivity index (χ4n) is 2.73. The van der Waals surface area contributed by atoms with Crippen molar-refractivity contribution in [2.75, 3.05) is 5.73 Å². The maximum atomic E-state index is 12.9. The zero-order chi connectivity index (χ0) is 25.1. The molecule has 178 valence electrons. The predicted molar refractivity (Wildman–Crippen MR) is 111 cm³/mol. The minimum atomic E-state index is -0.809. The lowest BCUT2D eigenvalue weighted by Gasteiger charge is -2.06. The molecule has 0 fully saturated rings. The number of nitrogens with one attached hydrogen (secondary N) is 1. The Hall–Kier alpha value is -5.69. The molecule has 0 aliphatic rings. The standard InChI is InChI=1S/C15H12N14O6/c1-7(6-26-21-15(20-24-26)29(33)34)17-19-14(30)10-11(8-2-4-9(5-3-8)28(31)32)27(25-18-10)13-12(16)22-35-23-13/h2-5H,6H2,1H3,(H2,16,22)(H,19,30)/b17-7+. The van der Waals surface area contributed by atoms with Gasteiger partial charge in [0.1, 0.15) is 12.2 Å². The Morgan fingerprint density at radius 1 is 1.14 bits per heavy atom. The van der Waals surface area contributed by atoms with Gasteiger partial charge >= 0.3 is 5.95 Å². The molecule has 1 aromatic carbocycles. The van der Waals surface area contributed by atoms with Crippen molar-refractivity contribution in [1.29, 1.82) is 0 Å². The monoisotopic (exact) mass is 484 g/mol. The quantitative estimate of drug-likeness (QED) is 0.181. The number of tetrazole rings is 1. The van der Waals surface area contributed by atoms with Crippen LogP contribution in [0.4, 0.5) is 17.5 Å². The first-order valence-electron chi connectivity index (χ1n) is 9.29. The molecule has 3 heterocycles. The largest absolute Gasteiger partial charge is 0.514 e. The van der Waals surface area contributed by atoms with E-state index in [-0.39, 0.29) is 41.0 Å². The van der Waals surface area contributed by atoms with E-state index in [1.807, 2.05) is 0 Å². The molecule has 0 saturated heterocycles. The highest BCUT2D eigenvalue weighted by atomic mass is 16.6. The number of non-ortho nitro benzene ring substituents is 1. The number of hydrazone groups is 1. The lowest BCUT2D eigenvalue weighted by molar-refractivity contribution is -0.394. The zero-order valence-corrected chi connectivity index (χ0v) is 17.4. The molecule has 35 heavy (non-hydrogen) atoms. The minimum absolute atomic E-state index is 0.0663. The number of aromatic nitrogens is 9. The van der Waals surface area contributed by atoms with Crippen LogP contribution in [0.2, 0.25) is 0 Å². The van der Waals surface area contributed by atoms with Crippen LogP contribution in [0.1, 0.15) is 17.4 Å². The molecule has 0 atom stereocenters. The number of hydrogen-bond acceptors (Lipinski definition) is 15. The Kier molecular flexibility index (Phi) is 5.82. The molecule has 3 N–H and O–H groups in total. The van der Waals surface area contributed by atoms with Crippen LogP contribution < -0.4 is 11.2 Å². The van der Waals surface area contributed by atoms with Gasteiger partial charge in [0, 0.05) is 22.9 Å². The Morgan fingerprint density at radius 3 is 2.49 bits per heavy atom. The smallest absolute Gasteiger partial charge is 0.390 e. The normalized spacial score (nSPS) is 11.4. The van der Waals surface area contributed by atoms with E-state index in [1.54, 1.807) is 0 Å². The average Bonchev–Trinajstić information content (AvgIpc) is 3.57. The fraction of sp³-hybridized carbons (Fsp3) is 0.133. The summed E-state index contributed by atoms with van der Waals surface area (Å²) in [7, 11) is 0. The summed E-state index contributed by atoms with van der Waals surface area (Å²) in [5.74, 6) is -1.71. The van der Waals surface area contributed by atoms with Crippen LogP contribution >= 0.6 is 0 Å². The summed E-state index contributed by atoms with van der Waals surface area (Å²) in [4.78, 5) is 34.0. The number of nitrogens with two attached hydrogens (primary N) is 1. The summed E-state index contributed by atoms with van der Waals surface area (Å²) in [6, 6.07) is 5.22. The van der Waals surface area contributed by atoms with Gasteiger partial charge in [-0.1, -0.05) is 10.0 Å². The van der Waals surface area contributed by atoms with Crippen LogP contribution in [0, 0.1) is 20.2 Å². The second-order valence-corrected chi connectivity index (χ2v) is 6.64. The molecule has 1 amide bonds. The Morgan fingerprint density at radius 2 is 1.89 bits per heavy atom. The Bertz CT molecular complexity index is 1450. The highest BCUT2D eigenvalue weighted by Gasteiger charge is 2.26. The van der Waals surface area contributed by atoms with Gasteiger partial charge in [-0.25, -0.2) is 10.1 Å². The third-order valence-electron chi connectivity index (χ3n) is 4.26. The zero-order valence-electron chi connectivity index (χ0n) is 17.4. The third kappa shape index (κ3) is 4.59. The molecule has 0 bridgehead atoms. The molecule has 20 nitrogen and oxygen atoms in total. The van der Waals surface area contributed by atoms with E-state index in [4.69, 9.17) is 5.73 Å². The highest BCUT2D eigenvalue weighted by Crippen LogP contribution is 2.28. The molecule has 0 spiro atoms. The van der Waals surface area contributed by atoms with Crippen molar-refractivity contribution in [3.05, 3.63) is 50.2 Å². The first-order chi connectivity index (χ1) is 16.7. The van der Waals surface area contributed by atoms with Crippen LogP contribution in [0.3, 0.4) is 0 Å². The number of nitrogen functional groups attached to an aromatic ring is 1. The van der Waals surface area contributed by atoms with Crippen molar-refractivity contribution in [2.24, 2.45) is 5.10 Å². The molecule has 0 unspecified atom stereocenters. The van der Waals surface area contributed by atoms with Crippen LogP contribution in [0.25, 0.3) is 17.1 Å². The summed E-state index contributed by atoms with van der Waals surface area (Å²) in [6.45, 7) is 1.40. The van der Waals surface area contributed by atoms with Crippen LogP contribution in [0.5, 0.6) is 0 Å². The number of nitrogens with zero attached hydrogens (tertiary/aromatic N) is 12. The van der Waals surface area contributed by atoms with Crippen LogP contribution in [0.15, 0.2) is 34.0 Å². The summed E-state index contributed by atoms with van der Waals surface area (Å²) in [5, 5.41) is 50.7. The van der Waals surface area contributed by atoms with Crippen molar-refractivity contribution in [3.63, 3.8) is 0 Å². The number of benzene rings is 1. The number of anilines is 1. The van der Waals surface area contributed by atoms with Crippen molar-refractivity contribution in [3.8, 4) is 17.1 Å². The topological polar surface area (TPSA) is 267 Å². The Labute approximate surface area is 191 Å². The first kappa shape index (κ1) is 22.5. The number of carbonyl (C=O) groups is 1. The summed E-state index contributed by atoms with van der Waals surface area (Å²) < 4.78 is 5.66. The molecule has 4 aromatic rings. The SMILES string of the molecule is C/C(Cn1nnc([N+](=O)[O-])n1)=N\NC(=O)c1nnn(-c2nonc2N)c1-c1ccc([N+](=O)[O-])cc1. The van der Waals surface area contributed by atoms with E-state index in [0.717, 1.165) is 9.48 Å². The van der Waals surface area contributed by atoms with Gasteiger partial charge in [0.15, 0.2) is 5.69 Å². The molecule has 4 rings (SSSR count). The first-order valence-corrected chi connectivity index (χ1v) is 9.29. The molecule has 0 aliphatic carbocycles. The van der Waals surface area contributed by atoms with E-state index in [0.29, 0.717) is 5.56 Å². The molecule has 0 saturated carbocycles. The van der Waals surface area contributed by atoms with Crippen molar-refractivity contribution in [1.82, 2.24) is 50.9 Å².